The highest BCUT2D eigenvalue weighted by atomic mass is 16.1. The third kappa shape index (κ3) is 2.80. The standard InChI is InChI=1S/C9H15N5O/c1-6-4-12-9(11-2)13-8(6)14(3)5-7(10)15/h4H,5H2,1-3H3,(H2,10,15)(H,11,12,13). The number of primary amides is 1. The first kappa shape index (κ1) is 11.2. The molecule has 82 valence electrons. The van der Waals surface area contributed by atoms with Gasteiger partial charge in [-0.25, -0.2) is 4.98 Å². The zero-order chi connectivity index (χ0) is 11.4. The number of hydrogen-bond donors (Lipinski definition) is 2. The molecule has 0 spiro atoms. The van der Waals surface area contributed by atoms with Gasteiger partial charge >= 0.3 is 0 Å². The Morgan fingerprint density at radius 3 is 2.87 bits per heavy atom. The molecule has 3 N–H and O–H groups in total. The molecule has 1 rings (SSSR count). The fraction of sp³-hybridized carbons (Fsp3) is 0.444. The number of carbonyl (C=O) groups is 1. The maximum atomic E-state index is 10.8. The summed E-state index contributed by atoms with van der Waals surface area (Å²) in [5.41, 5.74) is 6.01. The summed E-state index contributed by atoms with van der Waals surface area (Å²) < 4.78 is 0. The van der Waals surface area contributed by atoms with Gasteiger partial charge in [0, 0.05) is 25.9 Å². The highest BCUT2D eigenvalue weighted by Gasteiger charge is 2.09. The third-order valence-corrected chi connectivity index (χ3v) is 1.92. The van der Waals surface area contributed by atoms with Gasteiger partial charge in [0.15, 0.2) is 0 Å². The number of aromatic nitrogens is 2. The number of anilines is 2. The number of nitrogens with two attached hydrogens (primary N) is 1. The number of amides is 1. The minimum Gasteiger partial charge on any atom is -0.368 e. The minimum atomic E-state index is -0.387. The number of hydrogen-bond acceptors (Lipinski definition) is 5. The Morgan fingerprint density at radius 1 is 1.67 bits per heavy atom. The summed E-state index contributed by atoms with van der Waals surface area (Å²) in [4.78, 5) is 20.8. The van der Waals surface area contributed by atoms with E-state index in [1.54, 1.807) is 25.2 Å². The van der Waals surface area contributed by atoms with E-state index in [0.717, 1.165) is 5.56 Å². The highest BCUT2D eigenvalue weighted by Crippen LogP contribution is 2.15. The predicted molar refractivity (Wildman–Crippen MR) is 58.8 cm³/mol. The molecule has 0 aromatic carbocycles. The largest absolute Gasteiger partial charge is 0.368 e. The molecule has 6 nitrogen and oxygen atoms in total. The van der Waals surface area contributed by atoms with E-state index in [2.05, 4.69) is 15.3 Å². The topological polar surface area (TPSA) is 84.1 Å². The zero-order valence-corrected chi connectivity index (χ0v) is 9.11. The molecule has 1 aromatic rings. The molecule has 6 heteroatoms. The lowest BCUT2D eigenvalue weighted by molar-refractivity contribution is -0.116. The van der Waals surface area contributed by atoms with E-state index < -0.39 is 0 Å². The van der Waals surface area contributed by atoms with Crippen LogP contribution in [0.3, 0.4) is 0 Å². The second kappa shape index (κ2) is 4.59. The van der Waals surface area contributed by atoms with Crippen molar-refractivity contribution in [3.8, 4) is 0 Å². The minimum absolute atomic E-state index is 0.140. The first-order valence-corrected chi connectivity index (χ1v) is 4.55. The normalized spacial score (nSPS) is 9.80. The van der Waals surface area contributed by atoms with Crippen LogP contribution in [0.5, 0.6) is 0 Å². The third-order valence-electron chi connectivity index (χ3n) is 1.92. The smallest absolute Gasteiger partial charge is 0.236 e. The van der Waals surface area contributed by atoms with Crippen LogP contribution in [-0.2, 0) is 4.79 Å². The van der Waals surface area contributed by atoms with Gasteiger partial charge in [0.05, 0.1) is 6.54 Å². The fourth-order valence-electron chi connectivity index (χ4n) is 1.25. The summed E-state index contributed by atoms with van der Waals surface area (Å²) in [5, 5.41) is 2.84. The molecule has 15 heavy (non-hydrogen) atoms. The van der Waals surface area contributed by atoms with Crippen LogP contribution >= 0.6 is 0 Å². The Balaban J connectivity index is 2.95. The molecule has 0 unspecified atom stereocenters. The maximum Gasteiger partial charge on any atom is 0.236 e. The fourth-order valence-corrected chi connectivity index (χ4v) is 1.25. The van der Waals surface area contributed by atoms with E-state index >= 15 is 0 Å². The van der Waals surface area contributed by atoms with Gasteiger partial charge in [0.1, 0.15) is 5.82 Å². The molecular weight excluding hydrogens is 194 g/mol. The molecule has 1 amide bonds. The Hall–Kier alpha value is -1.85. The molecule has 0 aliphatic heterocycles. The van der Waals surface area contributed by atoms with Crippen LogP contribution in [0, 0.1) is 6.92 Å². The average Bonchev–Trinajstić information content (AvgIpc) is 2.17. The first-order chi connectivity index (χ1) is 7.04. The Kier molecular flexibility index (Phi) is 3.43. The van der Waals surface area contributed by atoms with Crippen molar-refractivity contribution in [3.05, 3.63) is 11.8 Å². The van der Waals surface area contributed by atoms with Crippen molar-refractivity contribution < 1.29 is 4.79 Å². The summed E-state index contributed by atoms with van der Waals surface area (Å²) in [7, 11) is 3.50. The van der Waals surface area contributed by atoms with Crippen molar-refractivity contribution in [3.63, 3.8) is 0 Å². The Morgan fingerprint density at radius 2 is 2.33 bits per heavy atom. The zero-order valence-electron chi connectivity index (χ0n) is 9.11. The van der Waals surface area contributed by atoms with Crippen molar-refractivity contribution in [2.45, 2.75) is 6.92 Å². The van der Waals surface area contributed by atoms with Crippen LogP contribution < -0.4 is 16.0 Å². The predicted octanol–water partition coefficient (Wildman–Crippen LogP) is -0.252. The molecule has 1 heterocycles. The summed E-state index contributed by atoms with van der Waals surface area (Å²) in [6.45, 7) is 2.02. The molecule has 0 saturated carbocycles. The van der Waals surface area contributed by atoms with Crippen LogP contribution in [0.4, 0.5) is 11.8 Å². The molecule has 0 bridgehead atoms. The van der Waals surface area contributed by atoms with Gasteiger partial charge in [-0.2, -0.15) is 4.98 Å². The number of carbonyl (C=O) groups excluding carboxylic acids is 1. The molecule has 0 saturated heterocycles. The average molecular weight is 209 g/mol. The quantitative estimate of drug-likeness (QED) is 0.714. The van der Waals surface area contributed by atoms with E-state index in [1.807, 2.05) is 6.92 Å². The number of aryl methyl sites for hydroxylation is 1. The SMILES string of the molecule is CNc1ncc(C)c(N(C)CC(N)=O)n1. The van der Waals surface area contributed by atoms with Gasteiger partial charge in [-0.05, 0) is 6.92 Å². The maximum absolute atomic E-state index is 10.8. The van der Waals surface area contributed by atoms with E-state index in [9.17, 15) is 4.79 Å². The number of likely N-dealkylation sites (N-methyl/N-ethyl adjacent to an activating group) is 1. The monoisotopic (exact) mass is 209 g/mol. The van der Waals surface area contributed by atoms with Gasteiger partial charge in [-0.15, -0.1) is 0 Å². The summed E-state index contributed by atoms with van der Waals surface area (Å²) >= 11 is 0. The number of rotatable bonds is 4. The second-order valence-corrected chi connectivity index (χ2v) is 3.27. The highest BCUT2D eigenvalue weighted by molar-refractivity contribution is 5.79. The molecule has 1 aromatic heterocycles. The summed E-state index contributed by atoms with van der Waals surface area (Å²) in [5.74, 6) is 0.835. The lowest BCUT2D eigenvalue weighted by atomic mass is 10.3. The van der Waals surface area contributed by atoms with Gasteiger partial charge in [0.2, 0.25) is 11.9 Å². The van der Waals surface area contributed by atoms with Crippen LogP contribution in [0.25, 0.3) is 0 Å². The van der Waals surface area contributed by atoms with Crippen molar-refractivity contribution >= 4 is 17.7 Å². The lowest BCUT2D eigenvalue weighted by Crippen LogP contribution is -2.31. The first-order valence-electron chi connectivity index (χ1n) is 4.55. The van der Waals surface area contributed by atoms with Crippen LogP contribution in [-0.4, -0.2) is 36.5 Å². The molecule has 0 fully saturated rings. The van der Waals surface area contributed by atoms with Crippen LogP contribution in [0.1, 0.15) is 5.56 Å². The van der Waals surface area contributed by atoms with E-state index in [-0.39, 0.29) is 12.5 Å². The lowest BCUT2D eigenvalue weighted by Gasteiger charge is -2.18. The van der Waals surface area contributed by atoms with Gasteiger partial charge in [0.25, 0.3) is 0 Å². The van der Waals surface area contributed by atoms with Crippen molar-refractivity contribution in [2.75, 3.05) is 30.9 Å². The second-order valence-electron chi connectivity index (χ2n) is 3.27. The van der Waals surface area contributed by atoms with E-state index in [1.165, 1.54) is 0 Å². The Labute approximate surface area is 88.5 Å². The molecule has 0 aliphatic rings. The Bertz CT molecular complexity index is 366. The molecular formula is C9H15N5O. The molecule has 0 radical (unpaired) electrons. The summed E-state index contributed by atoms with van der Waals surface area (Å²) in [6, 6.07) is 0. The summed E-state index contributed by atoms with van der Waals surface area (Å²) in [6.07, 6.45) is 1.70. The van der Waals surface area contributed by atoms with Gasteiger partial charge < -0.3 is 16.0 Å². The van der Waals surface area contributed by atoms with Crippen LogP contribution in [0.2, 0.25) is 0 Å². The number of nitrogens with one attached hydrogen (secondary N) is 1. The van der Waals surface area contributed by atoms with Crippen molar-refractivity contribution in [1.29, 1.82) is 0 Å². The molecule has 0 aliphatic carbocycles. The van der Waals surface area contributed by atoms with Gasteiger partial charge in [-0.1, -0.05) is 0 Å². The van der Waals surface area contributed by atoms with E-state index in [4.69, 9.17) is 5.73 Å². The van der Waals surface area contributed by atoms with Crippen molar-refractivity contribution in [1.82, 2.24) is 9.97 Å². The number of nitrogens with zero attached hydrogens (tertiary/aromatic N) is 3. The van der Waals surface area contributed by atoms with Gasteiger partial charge in [-0.3, -0.25) is 4.79 Å². The van der Waals surface area contributed by atoms with E-state index in [0.29, 0.717) is 11.8 Å². The van der Waals surface area contributed by atoms with Crippen LogP contribution in [0.15, 0.2) is 6.20 Å². The van der Waals surface area contributed by atoms with Crippen molar-refractivity contribution in [2.24, 2.45) is 5.73 Å². The molecule has 0 atom stereocenters.